The molecule has 0 saturated carbocycles. The number of ether oxygens (including phenoxy) is 1. The van der Waals surface area contributed by atoms with E-state index in [1.54, 1.807) is 0 Å². The molecule has 2 rings (SSSR count). The second-order valence-electron chi connectivity index (χ2n) is 4.98. The summed E-state index contributed by atoms with van der Waals surface area (Å²) in [6.07, 6.45) is 3.11. The van der Waals surface area contributed by atoms with Gasteiger partial charge in [0.05, 0.1) is 5.60 Å². The lowest BCUT2D eigenvalue weighted by atomic mass is 10.0. The van der Waals surface area contributed by atoms with Gasteiger partial charge in [0.15, 0.2) is 0 Å². The highest BCUT2D eigenvalue weighted by molar-refractivity contribution is 5.77. The van der Waals surface area contributed by atoms with E-state index in [0.29, 0.717) is 0 Å². The van der Waals surface area contributed by atoms with Gasteiger partial charge in [-0.2, -0.15) is 0 Å². The predicted molar refractivity (Wildman–Crippen MR) is 62.2 cm³/mol. The van der Waals surface area contributed by atoms with Gasteiger partial charge in [0.25, 0.3) is 0 Å². The molecule has 0 bridgehead atoms. The van der Waals surface area contributed by atoms with E-state index >= 15 is 0 Å². The Kier molecular flexibility index (Phi) is 3.30. The third-order valence-corrected chi connectivity index (χ3v) is 3.33. The molecule has 1 saturated heterocycles. The van der Waals surface area contributed by atoms with Gasteiger partial charge in [-0.15, -0.1) is 0 Å². The number of nitrogens with zero attached hydrogens (tertiary/aromatic N) is 1. The van der Waals surface area contributed by atoms with Crippen LogP contribution in [-0.4, -0.2) is 49.2 Å². The minimum absolute atomic E-state index is 0.108. The lowest BCUT2D eigenvalue weighted by Gasteiger charge is -2.39. The maximum absolute atomic E-state index is 11.8. The standard InChI is InChI=1S/C12H20N2O2/c1-10-3-5-14(6-4-10)11(15)7-16-12(2)8-13-9-12/h3,13H,4-9H2,1-2H3. The lowest BCUT2D eigenvalue weighted by Crippen LogP contribution is -2.59. The molecule has 4 heteroatoms. The summed E-state index contributed by atoms with van der Waals surface area (Å²) in [4.78, 5) is 13.7. The lowest BCUT2D eigenvalue weighted by molar-refractivity contribution is -0.145. The Morgan fingerprint density at radius 1 is 1.62 bits per heavy atom. The number of nitrogens with one attached hydrogen (secondary N) is 1. The van der Waals surface area contributed by atoms with E-state index < -0.39 is 0 Å². The highest BCUT2D eigenvalue weighted by Gasteiger charge is 2.33. The molecule has 2 aliphatic rings. The van der Waals surface area contributed by atoms with Crippen molar-refractivity contribution in [3.63, 3.8) is 0 Å². The van der Waals surface area contributed by atoms with Gasteiger partial charge in [-0.25, -0.2) is 0 Å². The Morgan fingerprint density at radius 2 is 2.38 bits per heavy atom. The molecule has 2 aliphatic heterocycles. The van der Waals surface area contributed by atoms with Gasteiger partial charge in [-0.05, 0) is 20.3 Å². The minimum Gasteiger partial charge on any atom is -0.363 e. The Balaban J connectivity index is 1.76. The molecule has 2 heterocycles. The van der Waals surface area contributed by atoms with Crippen LogP contribution in [0.1, 0.15) is 20.3 Å². The van der Waals surface area contributed by atoms with Crippen molar-refractivity contribution in [3.8, 4) is 0 Å². The van der Waals surface area contributed by atoms with Gasteiger partial charge in [0.1, 0.15) is 6.61 Å². The van der Waals surface area contributed by atoms with Gasteiger partial charge in [-0.1, -0.05) is 11.6 Å². The first-order valence-electron chi connectivity index (χ1n) is 5.87. The van der Waals surface area contributed by atoms with Gasteiger partial charge in [0.2, 0.25) is 5.91 Å². The number of rotatable bonds is 3. The molecular weight excluding hydrogens is 204 g/mol. The molecule has 0 aromatic carbocycles. The zero-order chi connectivity index (χ0) is 11.6. The van der Waals surface area contributed by atoms with E-state index in [-0.39, 0.29) is 18.1 Å². The highest BCUT2D eigenvalue weighted by Crippen LogP contribution is 2.16. The number of hydrogen-bond donors (Lipinski definition) is 1. The van der Waals surface area contributed by atoms with E-state index in [2.05, 4.69) is 18.3 Å². The molecule has 0 atom stereocenters. The quantitative estimate of drug-likeness (QED) is 0.712. The van der Waals surface area contributed by atoms with Crippen LogP contribution in [0.4, 0.5) is 0 Å². The zero-order valence-corrected chi connectivity index (χ0v) is 10.1. The molecule has 0 radical (unpaired) electrons. The predicted octanol–water partition coefficient (Wildman–Crippen LogP) is 0.544. The third-order valence-electron chi connectivity index (χ3n) is 3.33. The summed E-state index contributed by atoms with van der Waals surface area (Å²) in [6, 6.07) is 0. The smallest absolute Gasteiger partial charge is 0.248 e. The van der Waals surface area contributed by atoms with Crippen molar-refractivity contribution in [2.75, 3.05) is 32.8 Å². The van der Waals surface area contributed by atoms with Crippen molar-refractivity contribution >= 4 is 5.91 Å². The van der Waals surface area contributed by atoms with Crippen LogP contribution in [0.2, 0.25) is 0 Å². The van der Waals surface area contributed by atoms with E-state index in [4.69, 9.17) is 4.74 Å². The third kappa shape index (κ3) is 2.62. The molecule has 16 heavy (non-hydrogen) atoms. The molecule has 0 aliphatic carbocycles. The first-order chi connectivity index (χ1) is 7.59. The number of hydrogen-bond acceptors (Lipinski definition) is 3. The Morgan fingerprint density at radius 3 is 2.88 bits per heavy atom. The minimum atomic E-state index is -0.128. The average molecular weight is 224 g/mol. The molecule has 0 aromatic rings. The van der Waals surface area contributed by atoms with E-state index in [9.17, 15) is 4.79 Å². The number of carbonyl (C=O) groups is 1. The molecule has 0 spiro atoms. The van der Waals surface area contributed by atoms with Gasteiger partial charge in [0, 0.05) is 26.2 Å². The monoisotopic (exact) mass is 224 g/mol. The zero-order valence-electron chi connectivity index (χ0n) is 10.1. The van der Waals surface area contributed by atoms with Crippen molar-refractivity contribution in [3.05, 3.63) is 11.6 Å². The maximum Gasteiger partial charge on any atom is 0.248 e. The second kappa shape index (κ2) is 4.55. The van der Waals surface area contributed by atoms with E-state index in [1.807, 2.05) is 11.8 Å². The van der Waals surface area contributed by atoms with Gasteiger partial charge >= 0.3 is 0 Å². The summed E-state index contributed by atoms with van der Waals surface area (Å²) in [7, 11) is 0. The van der Waals surface area contributed by atoms with Crippen LogP contribution >= 0.6 is 0 Å². The topological polar surface area (TPSA) is 41.6 Å². The first-order valence-corrected chi connectivity index (χ1v) is 5.87. The summed E-state index contributed by atoms with van der Waals surface area (Å²) in [5, 5.41) is 3.15. The molecule has 0 unspecified atom stereocenters. The van der Waals surface area contributed by atoms with Crippen molar-refractivity contribution in [2.24, 2.45) is 0 Å². The van der Waals surface area contributed by atoms with Crippen LogP contribution in [0.15, 0.2) is 11.6 Å². The fourth-order valence-electron chi connectivity index (χ4n) is 1.90. The molecule has 1 amide bonds. The van der Waals surface area contributed by atoms with Gasteiger partial charge in [-0.3, -0.25) is 4.79 Å². The Hall–Kier alpha value is -0.870. The molecule has 90 valence electrons. The van der Waals surface area contributed by atoms with Crippen LogP contribution in [-0.2, 0) is 9.53 Å². The normalized spacial score (nSPS) is 23.6. The van der Waals surface area contributed by atoms with E-state index in [1.165, 1.54) is 5.57 Å². The van der Waals surface area contributed by atoms with Crippen LogP contribution in [0.25, 0.3) is 0 Å². The number of amides is 1. The molecule has 1 N–H and O–H groups in total. The second-order valence-corrected chi connectivity index (χ2v) is 4.98. The molecule has 0 aromatic heterocycles. The largest absolute Gasteiger partial charge is 0.363 e. The summed E-state index contributed by atoms with van der Waals surface area (Å²) in [6.45, 7) is 7.63. The Labute approximate surface area is 96.6 Å². The van der Waals surface area contributed by atoms with Crippen LogP contribution in [0, 0.1) is 0 Å². The van der Waals surface area contributed by atoms with Crippen molar-refractivity contribution in [1.29, 1.82) is 0 Å². The highest BCUT2D eigenvalue weighted by atomic mass is 16.5. The number of carbonyl (C=O) groups excluding carboxylic acids is 1. The fourth-order valence-corrected chi connectivity index (χ4v) is 1.90. The van der Waals surface area contributed by atoms with Gasteiger partial charge < -0.3 is 15.0 Å². The first kappa shape index (κ1) is 11.6. The Bertz CT molecular complexity index is 308. The average Bonchev–Trinajstić information content (AvgIpc) is 2.24. The van der Waals surface area contributed by atoms with Crippen LogP contribution in [0.3, 0.4) is 0 Å². The van der Waals surface area contributed by atoms with Crippen molar-refractivity contribution < 1.29 is 9.53 Å². The SMILES string of the molecule is CC1=CCN(C(=O)COC2(C)CNC2)CC1. The summed E-state index contributed by atoms with van der Waals surface area (Å²) in [5.41, 5.74) is 1.25. The van der Waals surface area contributed by atoms with E-state index in [0.717, 1.165) is 32.6 Å². The molecule has 1 fully saturated rings. The van der Waals surface area contributed by atoms with Crippen LogP contribution < -0.4 is 5.32 Å². The summed E-state index contributed by atoms with van der Waals surface area (Å²) >= 11 is 0. The van der Waals surface area contributed by atoms with Crippen molar-refractivity contribution in [1.82, 2.24) is 10.2 Å². The molecular formula is C12H20N2O2. The fraction of sp³-hybridized carbons (Fsp3) is 0.750. The molecule has 4 nitrogen and oxygen atoms in total. The summed E-state index contributed by atoms with van der Waals surface area (Å²) in [5.74, 6) is 0.108. The van der Waals surface area contributed by atoms with Crippen LogP contribution in [0.5, 0.6) is 0 Å². The maximum atomic E-state index is 11.8. The van der Waals surface area contributed by atoms with Crippen molar-refractivity contribution in [2.45, 2.75) is 25.9 Å². The summed E-state index contributed by atoms with van der Waals surface area (Å²) < 4.78 is 5.63.